The van der Waals surface area contributed by atoms with Gasteiger partial charge in [0.15, 0.2) is 0 Å². The predicted octanol–water partition coefficient (Wildman–Crippen LogP) is 1.10. The van der Waals surface area contributed by atoms with Crippen molar-refractivity contribution in [2.24, 2.45) is 0 Å². The molecular formula is C15H19N3O3S. The molecule has 6 nitrogen and oxygen atoms in total. The third kappa shape index (κ3) is 3.84. The Morgan fingerprint density at radius 3 is 2.68 bits per heavy atom. The summed E-state index contributed by atoms with van der Waals surface area (Å²) in [7, 11) is -3.15. The Kier molecular flexibility index (Phi) is 5.16. The fourth-order valence-corrected chi connectivity index (χ4v) is 3.59. The van der Waals surface area contributed by atoms with Crippen molar-refractivity contribution < 1.29 is 13.2 Å². The van der Waals surface area contributed by atoms with Gasteiger partial charge in [-0.1, -0.05) is 6.07 Å². The number of carbonyl (C=O) groups excluding carboxylic acids is 1. The van der Waals surface area contributed by atoms with Crippen molar-refractivity contribution in [1.29, 1.82) is 5.26 Å². The van der Waals surface area contributed by atoms with Crippen molar-refractivity contribution in [1.82, 2.24) is 9.62 Å². The number of benzene rings is 1. The molecule has 7 heteroatoms. The molecule has 1 aromatic carbocycles. The second-order valence-corrected chi connectivity index (χ2v) is 7.50. The van der Waals surface area contributed by atoms with E-state index in [1.54, 1.807) is 31.2 Å². The van der Waals surface area contributed by atoms with Crippen LogP contribution >= 0.6 is 0 Å². The maximum Gasteiger partial charge on any atom is 0.251 e. The molecule has 0 unspecified atom stereocenters. The first kappa shape index (κ1) is 16.5. The van der Waals surface area contributed by atoms with Crippen molar-refractivity contribution in [3.05, 3.63) is 35.4 Å². The maximum atomic E-state index is 12.2. The van der Waals surface area contributed by atoms with Crippen LogP contribution in [0.1, 0.15) is 35.7 Å². The number of nitriles is 1. The van der Waals surface area contributed by atoms with E-state index in [0.29, 0.717) is 37.1 Å². The van der Waals surface area contributed by atoms with Gasteiger partial charge in [0.1, 0.15) is 0 Å². The first-order valence-corrected chi connectivity index (χ1v) is 8.86. The summed E-state index contributed by atoms with van der Waals surface area (Å²) in [5, 5.41) is 11.8. The van der Waals surface area contributed by atoms with Crippen LogP contribution in [0.15, 0.2) is 24.3 Å². The zero-order chi connectivity index (χ0) is 16.2. The van der Waals surface area contributed by atoms with E-state index < -0.39 is 10.0 Å². The number of carbonyl (C=O) groups is 1. The maximum absolute atomic E-state index is 12.2. The summed E-state index contributed by atoms with van der Waals surface area (Å²) >= 11 is 0. The molecule has 118 valence electrons. The van der Waals surface area contributed by atoms with Crippen molar-refractivity contribution >= 4 is 15.9 Å². The molecule has 1 saturated heterocycles. The second kappa shape index (κ2) is 6.90. The minimum absolute atomic E-state index is 0.0402. The van der Waals surface area contributed by atoms with E-state index >= 15 is 0 Å². The Bertz CT molecular complexity index is 686. The highest BCUT2D eigenvalue weighted by molar-refractivity contribution is 7.89. The Morgan fingerprint density at radius 2 is 2.09 bits per heavy atom. The van der Waals surface area contributed by atoms with Crippen molar-refractivity contribution in [2.45, 2.75) is 25.8 Å². The van der Waals surface area contributed by atoms with Crippen LogP contribution in [-0.2, 0) is 10.0 Å². The van der Waals surface area contributed by atoms with E-state index in [9.17, 15) is 13.2 Å². The van der Waals surface area contributed by atoms with Crippen LogP contribution in [0.2, 0.25) is 0 Å². The van der Waals surface area contributed by atoms with Crippen molar-refractivity contribution in [2.75, 3.05) is 18.8 Å². The first-order chi connectivity index (χ1) is 10.5. The molecule has 1 aliphatic heterocycles. The number of piperidine rings is 1. The summed E-state index contributed by atoms with van der Waals surface area (Å²) in [6.45, 7) is 2.49. The van der Waals surface area contributed by atoms with E-state index in [1.165, 1.54) is 4.31 Å². The topological polar surface area (TPSA) is 90.3 Å². The summed E-state index contributed by atoms with van der Waals surface area (Å²) in [4.78, 5) is 12.2. The van der Waals surface area contributed by atoms with E-state index in [4.69, 9.17) is 5.26 Å². The fraction of sp³-hybridized carbons (Fsp3) is 0.467. The molecule has 22 heavy (non-hydrogen) atoms. The zero-order valence-electron chi connectivity index (χ0n) is 12.4. The van der Waals surface area contributed by atoms with Gasteiger partial charge in [-0.25, -0.2) is 12.7 Å². The fourth-order valence-electron chi connectivity index (χ4n) is 2.46. The molecule has 1 heterocycles. The quantitative estimate of drug-likeness (QED) is 0.899. The molecule has 2 rings (SSSR count). The molecular weight excluding hydrogens is 302 g/mol. The molecule has 0 saturated carbocycles. The van der Waals surface area contributed by atoms with Gasteiger partial charge >= 0.3 is 0 Å². The normalized spacial score (nSPS) is 16.9. The second-order valence-electron chi connectivity index (χ2n) is 5.24. The molecule has 1 aliphatic rings. The number of amides is 1. The third-order valence-corrected chi connectivity index (χ3v) is 5.68. The Balaban J connectivity index is 1.93. The Labute approximate surface area is 130 Å². The molecule has 0 aromatic heterocycles. The predicted molar refractivity (Wildman–Crippen MR) is 82.7 cm³/mol. The zero-order valence-corrected chi connectivity index (χ0v) is 13.3. The highest BCUT2D eigenvalue weighted by Crippen LogP contribution is 2.15. The van der Waals surface area contributed by atoms with Gasteiger partial charge < -0.3 is 5.32 Å². The van der Waals surface area contributed by atoms with E-state index in [2.05, 4.69) is 5.32 Å². The van der Waals surface area contributed by atoms with E-state index in [-0.39, 0.29) is 17.7 Å². The van der Waals surface area contributed by atoms with Gasteiger partial charge in [0.25, 0.3) is 5.91 Å². The number of hydrogen-bond acceptors (Lipinski definition) is 4. The summed E-state index contributed by atoms with van der Waals surface area (Å²) in [6.07, 6.45) is 1.20. The monoisotopic (exact) mass is 321 g/mol. The van der Waals surface area contributed by atoms with Gasteiger partial charge in [0.2, 0.25) is 10.0 Å². The number of nitrogens with one attached hydrogen (secondary N) is 1. The van der Waals surface area contributed by atoms with Crippen LogP contribution < -0.4 is 5.32 Å². The van der Waals surface area contributed by atoms with Gasteiger partial charge in [-0.05, 0) is 38.0 Å². The SMILES string of the molecule is CCS(=O)(=O)N1CCC(NC(=O)c2cccc(C#N)c2)CC1. The minimum Gasteiger partial charge on any atom is -0.349 e. The first-order valence-electron chi connectivity index (χ1n) is 7.25. The molecule has 0 aliphatic carbocycles. The highest BCUT2D eigenvalue weighted by Gasteiger charge is 2.27. The smallest absolute Gasteiger partial charge is 0.251 e. The summed E-state index contributed by atoms with van der Waals surface area (Å²) in [6, 6.07) is 8.48. The average molecular weight is 321 g/mol. The molecule has 1 aromatic rings. The molecule has 1 fully saturated rings. The molecule has 0 spiro atoms. The van der Waals surface area contributed by atoms with Crippen LogP contribution in [-0.4, -0.2) is 43.5 Å². The average Bonchev–Trinajstić information content (AvgIpc) is 2.55. The highest BCUT2D eigenvalue weighted by atomic mass is 32.2. The van der Waals surface area contributed by atoms with Crippen LogP contribution in [0.4, 0.5) is 0 Å². The summed E-state index contributed by atoms with van der Waals surface area (Å²) in [5.41, 5.74) is 0.888. The minimum atomic E-state index is -3.15. The van der Waals surface area contributed by atoms with E-state index in [1.807, 2.05) is 6.07 Å². The van der Waals surface area contributed by atoms with Gasteiger partial charge in [0.05, 0.1) is 17.4 Å². The van der Waals surface area contributed by atoms with Crippen LogP contribution in [0.25, 0.3) is 0 Å². The van der Waals surface area contributed by atoms with Gasteiger partial charge in [-0.15, -0.1) is 0 Å². The lowest BCUT2D eigenvalue weighted by Gasteiger charge is -2.31. The van der Waals surface area contributed by atoms with E-state index in [0.717, 1.165) is 0 Å². The number of sulfonamides is 1. The Hall–Kier alpha value is -1.91. The molecule has 0 radical (unpaired) electrons. The number of nitrogens with zero attached hydrogens (tertiary/aromatic N) is 2. The van der Waals surface area contributed by atoms with Gasteiger partial charge in [-0.2, -0.15) is 5.26 Å². The lowest BCUT2D eigenvalue weighted by molar-refractivity contribution is 0.0924. The largest absolute Gasteiger partial charge is 0.349 e. The molecule has 0 atom stereocenters. The lowest BCUT2D eigenvalue weighted by atomic mass is 10.1. The van der Waals surface area contributed by atoms with Gasteiger partial charge in [0, 0.05) is 24.7 Å². The number of hydrogen-bond donors (Lipinski definition) is 1. The Morgan fingerprint density at radius 1 is 1.41 bits per heavy atom. The molecule has 1 N–H and O–H groups in total. The molecule has 0 bridgehead atoms. The summed E-state index contributed by atoms with van der Waals surface area (Å²) < 4.78 is 25.0. The van der Waals surface area contributed by atoms with Crippen LogP contribution in [0, 0.1) is 11.3 Å². The van der Waals surface area contributed by atoms with Crippen molar-refractivity contribution in [3.63, 3.8) is 0 Å². The van der Waals surface area contributed by atoms with Crippen LogP contribution in [0.3, 0.4) is 0 Å². The lowest BCUT2D eigenvalue weighted by Crippen LogP contribution is -2.46. The summed E-state index contributed by atoms with van der Waals surface area (Å²) in [5.74, 6) is -0.126. The van der Waals surface area contributed by atoms with Crippen LogP contribution in [0.5, 0.6) is 0 Å². The van der Waals surface area contributed by atoms with Gasteiger partial charge in [-0.3, -0.25) is 4.79 Å². The third-order valence-electron chi connectivity index (χ3n) is 3.80. The van der Waals surface area contributed by atoms with Crippen molar-refractivity contribution in [3.8, 4) is 6.07 Å². The number of rotatable bonds is 4. The molecule has 1 amide bonds. The standard InChI is InChI=1S/C15H19N3O3S/c1-2-22(20,21)18-8-6-14(7-9-18)17-15(19)13-5-3-4-12(10-13)11-16/h3-5,10,14H,2,6-9H2,1H3,(H,17,19).